The van der Waals surface area contributed by atoms with Crippen molar-refractivity contribution in [3.63, 3.8) is 0 Å². The molecular formula is C14H10BrN3OS. The highest BCUT2D eigenvalue weighted by molar-refractivity contribution is 9.10. The Balaban J connectivity index is 1.73. The quantitative estimate of drug-likeness (QED) is 0.739. The molecular weight excluding hydrogens is 338 g/mol. The smallest absolute Gasteiger partial charge is 0.254 e. The fourth-order valence-corrected chi connectivity index (χ4v) is 3.14. The summed E-state index contributed by atoms with van der Waals surface area (Å²) in [6.07, 6.45) is 1.63. The number of halogens is 1. The number of carbonyl (C=O) groups excluding carboxylic acids is 1. The minimum absolute atomic E-state index is 0.163. The molecule has 0 aliphatic carbocycles. The summed E-state index contributed by atoms with van der Waals surface area (Å²) < 4.78 is 1.67. The predicted octanol–water partition coefficient (Wildman–Crippen LogP) is 3.38. The second-order valence-electron chi connectivity index (χ2n) is 4.10. The van der Waals surface area contributed by atoms with Crippen LogP contribution in [-0.2, 0) is 6.54 Å². The first kappa shape index (κ1) is 13.2. The number of hydrogen-bond acceptors (Lipinski definition) is 4. The van der Waals surface area contributed by atoms with E-state index in [1.165, 1.54) is 0 Å². The number of pyridine rings is 1. The van der Waals surface area contributed by atoms with Crippen molar-refractivity contribution < 1.29 is 4.79 Å². The van der Waals surface area contributed by atoms with E-state index in [4.69, 9.17) is 0 Å². The molecule has 1 aromatic carbocycles. The van der Waals surface area contributed by atoms with Gasteiger partial charge < -0.3 is 5.32 Å². The second kappa shape index (κ2) is 5.68. The second-order valence-corrected chi connectivity index (χ2v) is 5.97. The minimum Gasteiger partial charge on any atom is -0.345 e. The zero-order valence-electron chi connectivity index (χ0n) is 10.3. The lowest BCUT2D eigenvalue weighted by Gasteiger charge is -2.04. The Morgan fingerprint density at radius 3 is 2.90 bits per heavy atom. The molecule has 0 saturated heterocycles. The molecule has 6 heteroatoms. The number of para-hydroxylation sites is 1. The van der Waals surface area contributed by atoms with Crippen LogP contribution in [0.2, 0.25) is 0 Å². The summed E-state index contributed by atoms with van der Waals surface area (Å²) in [5, 5.41) is 3.74. The van der Waals surface area contributed by atoms with Gasteiger partial charge >= 0.3 is 0 Å². The summed E-state index contributed by atoms with van der Waals surface area (Å²) in [4.78, 5) is 20.6. The molecule has 0 radical (unpaired) electrons. The first-order valence-electron chi connectivity index (χ1n) is 5.97. The average Bonchev–Trinajstić information content (AvgIpc) is 2.88. The molecule has 3 aromatic rings. The number of benzene rings is 1. The lowest BCUT2D eigenvalue weighted by atomic mass is 10.3. The highest BCUT2D eigenvalue weighted by Crippen LogP contribution is 2.21. The maximum atomic E-state index is 12.0. The Kier molecular flexibility index (Phi) is 3.75. The van der Waals surface area contributed by atoms with Crippen LogP contribution in [0.25, 0.3) is 10.2 Å². The minimum atomic E-state index is -0.163. The van der Waals surface area contributed by atoms with Crippen molar-refractivity contribution in [3.05, 3.63) is 57.8 Å². The third-order valence-corrected chi connectivity index (χ3v) is 4.41. The molecule has 4 nitrogen and oxygen atoms in total. The van der Waals surface area contributed by atoms with Gasteiger partial charge in [-0.05, 0) is 40.2 Å². The highest BCUT2D eigenvalue weighted by atomic mass is 79.9. The van der Waals surface area contributed by atoms with E-state index in [0.717, 1.165) is 15.2 Å². The molecule has 0 bridgehead atoms. The monoisotopic (exact) mass is 347 g/mol. The Morgan fingerprint density at radius 2 is 2.10 bits per heavy atom. The highest BCUT2D eigenvalue weighted by Gasteiger charge is 2.11. The van der Waals surface area contributed by atoms with Gasteiger partial charge in [0.1, 0.15) is 9.61 Å². The number of amides is 1. The van der Waals surface area contributed by atoms with E-state index in [1.54, 1.807) is 29.7 Å². The standard InChI is InChI=1S/C14H10BrN3OS/c15-13-9(4-3-7-16-13)14(19)17-8-12-18-10-5-1-2-6-11(10)20-12/h1-7H,8H2,(H,17,19). The van der Waals surface area contributed by atoms with E-state index in [2.05, 4.69) is 31.2 Å². The summed E-state index contributed by atoms with van der Waals surface area (Å²) in [5.41, 5.74) is 1.48. The Bertz CT molecular complexity index is 739. The van der Waals surface area contributed by atoms with Crippen LogP contribution in [0.1, 0.15) is 15.4 Å². The van der Waals surface area contributed by atoms with Gasteiger partial charge in [-0.2, -0.15) is 0 Å². The molecule has 20 heavy (non-hydrogen) atoms. The van der Waals surface area contributed by atoms with Gasteiger partial charge in [0.15, 0.2) is 0 Å². The van der Waals surface area contributed by atoms with Crippen LogP contribution in [-0.4, -0.2) is 15.9 Å². The topological polar surface area (TPSA) is 54.9 Å². The first-order chi connectivity index (χ1) is 9.74. The van der Waals surface area contributed by atoms with Crippen LogP contribution >= 0.6 is 27.3 Å². The van der Waals surface area contributed by atoms with Crippen LogP contribution in [0.3, 0.4) is 0 Å². The molecule has 1 N–H and O–H groups in total. The molecule has 2 heterocycles. The van der Waals surface area contributed by atoms with Crippen LogP contribution in [0, 0.1) is 0 Å². The summed E-state index contributed by atoms with van der Waals surface area (Å²) in [6.45, 7) is 0.416. The van der Waals surface area contributed by atoms with Crippen molar-refractivity contribution in [2.75, 3.05) is 0 Å². The molecule has 0 saturated carbocycles. The van der Waals surface area contributed by atoms with Crippen molar-refractivity contribution in [2.24, 2.45) is 0 Å². The van der Waals surface area contributed by atoms with Gasteiger partial charge in [-0.25, -0.2) is 9.97 Å². The van der Waals surface area contributed by atoms with Gasteiger partial charge in [0.05, 0.1) is 22.3 Å². The first-order valence-corrected chi connectivity index (χ1v) is 7.58. The van der Waals surface area contributed by atoms with E-state index in [0.29, 0.717) is 16.7 Å². The SMILES string of the molecule is O=C(NCc1nc2ccccc2s1)c1cccnc1Br. The summed E-state index contributed by atoms with van der Waals surface area (Å²) >= 11 is 4.85. The number of carbonyl (C=O) groups is 1. The molecule has 0 fully saturated rings. The molecule has 1 amide bonds. The molecule has 3 rings (SSSR count). The van der Waals surface area contributed by atoms with Gasteiger partial charge in [-0.15, -0.1) is 11.3 Å². The molecule has 0 atom stereocenters. The van der Waals surface area contributed by atoms with E-state index in [1.807, 2.05) is 24.3 Å². The molecule has 0 unspecified atom stereocenters. The number of nitrogens with one attached hydrogen (secondary N) is 1. The molecule has 100 valence electrons. The number of thiazole rings is 1. The van der Waals surface area contributed by atoms with E-state index in [-0.39, 0.29) is 5.91 Å². The van der Waals surface area contributed by atoms with Gasteiger partial charge in [0.2, 0.25) is 0 Å². The van der Waals surface area contributed by atoms with E-state index in [9.17, 15) is 4.79 Å². The van der Waals surface area contributed by atoms with Gasteiger partial charge in [0, 0.05) is 6.20 Å². The lowest BCUT2D eigenvalue weighted by molar-refractivity contribution is 0.0949. The average molecular weight is 348 g/mol. The summed E-state index contributed by atoms with van der Waals surface area (Å²) in [6, 6.07) is 11.4. The normalized spacial score (nSPS) is 10.7. The number of rotatable bonds is 3. The van der Waals surface area contributed by atoms with Crippen LogP contribution in [0.5, 0.6) is 0 Å². The molecule has 2 aromatic heterocycles. The van der Waals surface area contributed by atoms with Gasteiger partial charge in [-0.3, -0.25) is 4.79 Å². The van der Waals surface area contributed by atoms with Crippen molar-refractivity contribution in [1.29, 1.82) is 0 Å². The third-order valence-electron chi connectivity index (χ3n) is 2.74. The van der Waals surface area contributed by atoms with Crippen LogP contribution in [0.15, 0.2) is 47.2 Å². The maximum absolute atomic E-state index is 12.0. The van der Waals surface area contributed by atoms with Crippen molar-refractivity contribution in [3.8, 4) is 0 Å². The van der Waals surface area contributed by atoms with E-state index >= 15 is 0 Å². The lowest BCUT2D eigenvalue weighted by Crippen LogP contribution is -2.23. The van der Waals surface area contributed by atoms with Crippen molar-refractivity contribution in [2.45, 2.75) is 6.54 Å². The Morgan fingerprint density at radius 1 is 1.25 bits per heavy atom. The number of nitrogens with zero attached hydrogens (tertiary/aromatic N) is 2. The van der Waals surface area contributed by atoms with Crippen molar-refractivity contribution in [1.82, 2.24) is 15.3 Å². The van der Waals surface area contributed by atoms with Crippen LogP contribution in [0.4, 0.5) is 0 Å². The molecule has 0 spiro atoms. The zero-order chi connectivity index (χ0) is 13.9. The third kappa shape index (κ3) is 2.71. The zero-order valence-corrected chi connectivity index (χ0v) is 12.7. The number of fused-ring (bicyclic) bond motifs is 1. The number of aromatic nitrogens is 2. The molecule has 0 aliphatic rings. The molecule has 0 aliphatic heterocycles. The Hall–Kier alpha value is -1.79. The van der Waals surface area contributed by atoms with Gasteiger partial charge in [0.25, 0.3) is 5.91 Å². The summed E-state index contributed by atoms with van der Waals surface area (Å²) in [7, 11) is 0. The van der Waals surface area contributed by atoms with Gasteiger partial charge in [-0.1, -0.05) is 12.1 Å². The Labute approximate surface area is 128 Å². The van der Waals surface area contributed by atoms with E-state index < -0.39 is 0 Å². The van der Waals surface area contributed by atoms with Crippen molar-refractivity contribution >= 4 is 43.4 Å². The largest absolute Gasteiger partial charge is 0.345 e. The summed E-state index contributed by atoms with van der Waals surface area (Å²) in [5.74, 6) is -0.163. The fraction of sp³-hybridized carbons (Fsp3) is 0.0714. The van der Waals surface area contributed by atoms with Crippen LogP contribution < -0.4 is 5.32 Å². The fourth-order valence-electron chi connectivity index (χ4n) is 1.80. The number of hydrogen-bond donors (Lipinski definition) is 1. The maximum Gasteiger partial charge on any atom is 0.254 e. The predicted molar refractivity (Wildman–Crippen MR) is 82.7 cm³/mol.